The molecular weight excluding hydrogens is 386 g/mol. The van der Waals surface area contributed by atoms with Crippen LogP contribution < -0.4 is 5.73 Å². The first-order valence-corrected chi connectivity index (χ1v) is 9.33. The van der Waals surface area contributed by atoms with Gasteiger partial charge < -0.3 is 5.73 Å². The maximum atomic E-state index is 9.53. The van der Waals surface area contributed by atoms with E-state index < -0.39 is 0 Å². The Morgan fingerprint density at radius 2 is 1.81 bits per heavy atom. The number of aromatic nitrogens is 1. The summed E-state index contributed by atoms with van der Waals surface area (Å²) in [7, 11) is 0. The molecule has 3 rings (SSSR count). The highest BCUT2D eigenvalue weighted by Gasteiger charge is 2.13. The fourth-order valence-corrected chi connectivity index (χ4v) is 3.40. The van der Waals surface area contributed by atoms with Crippen LogP contribution in [0.15, 0.2) is 59.1 Å². The van der Waals surface area contributed by atoms with Crippen LogP contribution in [0.1, 0.15) is 25.0 Å². The minimum absolute atomic E-state index is 0.256. The van der Waals surface area contributed by atoms with Crippen LogP contribution in [-0.2, 0) is 6.42 Å². The third-order valence-corrected chi connectivity index (χ3v) is 4.68. The fourth-order valence-electron chi connectivity index (χ4n) is 3.00. The Labute approximate surface area is 162 Å². The van der Waals surface area contributed by atoms with Crippen molar-refractivity contribution in [3.05, 3.63) is 70.2 Å². The average molecular weight is 406 g/mol. The second kappa shape index (κ2) is 7.72. The minimum Gasteiger partial charge on any atom is -0.383 e. The highest BCUT2D eigenvalue weighted by molar-refractivity contribution is 9.10. The van der Waals surface area contributed by atoms with Crippen LogP contribution in [0, 0.1) is 17.2 Å². The number of rotatable bonds is 4. The van der Waals surface area contributed by atoms with E-state index in [-0.39, 0.29) is 5.82 Å². The van der Waals surface area contributed by atoms with Gasteiger partial charge in [0.25, 0.3) is 0 Å². The van der Waals surface area contributed by atoms with Crippen molar-refractivity contribution in [2.75, 3.05) is 5.73 Å². The molecule has 0 saturated carbocycles. The summed E-state index contributed by atoms with van der Waals surface area (Å²) in [5, 5.41) is 9.53. The zero-order valence-corrected chi connectivity index (χ0v) is 16.4. The molecule has 4 heteroatoms. The molecule has 0 aliphatic heterocycles. The molecule has 1 heterocycles. The number of hydrogen-bond acceptors (Lipinski definition) is 3. The predicted molar refractivity (Wildman–Crippen MR) is 110 cm³/mol. The van der Waals surface area contributed by atoms with Gasteiger partial charge in [-0.25, -0.2) is 4.98 Å². The number of halogens is 1. The van der Waals surface area contributed by atoms with Gasteiger partial charge in [0.1, 0.15) is 17.5 Å². The van der Waals surface area contributed by atoms with Crippen LogP contribution in [0.3, 0.4) is 0 Å². The predicted octanol–water partition coefficient (Wildman–Crippen LogP) is 5.83. The molecule has 1 aromatic heterocycles. The summed E-state index contributed by atoms with van der Waals surface area (Å²) < 4.78 is 0.953. The summed E-state index contributed by atoms with van der Waals surface area (Å²) in [6.45, 7) is 4.42. The second-order valence-corrected chi connectivity index (χ2v) is 7.65. The highest BCUT2D eigenvalue weighted by Crippen LogP contribution is 2.32. The number of nitriles is 1. The van der Waals surface area contributed by atoms with Crippen molar-refractivity contribution in [3.8, 4) is 28.5 Å². The standard InChI is InChI=1S/C22H20BrN3/c1-14(2)10-15-6-8-16(9-7-15)21-12-19(20(13-24)22(25)26-21)17-4-3-5-18(23)11-17/h3-9,11-12,14H,10H2,1-2H3,(H2,25,26). The van der Waals surface area contributed by atoms with Crippen molar-refractivity contribution < 1.29 is 0 Å². The van der Waals surface area contributed by atoms with Gasteiger partial charge in [-0.3, -0.25) is 0 Å². The van der Waals surface area contributed by atoms with Crippen LogP contribution in [0.5, 0.6) is 0 Å². The quantitative estimate of drug-likeness (QED) is 0.593. The SMILES string of the molecule is CC(C)Cc1ccc(-c2cc(-c3cccc(Br)c3)c(C#N)c(N)n2)cc1. The van der Waals surface area contributed by atoms with Crippen LogP contribution >= 0.6 is 15.9 Å². The monoisotopic (exact) mass is 405 g/mol. The van der Waals surface area contributed by atoms with E-state index in [1.165, 1.54) is 5.56 Å². The Balaban J connectivity index is 2.08. The van der Waals surface area contributed by atoms with Gasteiger partial charge >= 0.3 is 0 Å². The van der Waals surface area contributed by atoms with Crippen molar-refractivity contribution >= 4 is 21.7 Å². The van der Waals surface area contributed by atoms with Gasteiger partial charge in [0, 0.05) is 15.6 Å². The summed E-state index contributed by atoms with van der Waals surface area (Å²) in [4.78, 5) is 4.46. The largest absolute Gasteiger partial charge is 0.383 e. The van der Waals surface area contributed by atoms with Crippen LogP contribution in [0.4, 0.5) is 5.82 Å². The lowest BCUT2D eigenvalue weighted by Gasteiger charge is -2.11. The lowest BCUT2D eigenvalue weighted by Crippen LogP contribution is -2.00. The van der Waals surface area contributed by atoms with Gasteiger partial charge in [0.15, 0.2) is 0 Å². The molecule has 0 radical (unpaired) electrons. The molecule has 0 bridgehead atoms. The number of anilines is 1. The van der Waals surface area contributed by atoms with E-state index in [1.54, 1.807) is 0 Å². The summed E-state index contributed by atoms with van der Waals surface area (Å²) >= 11 is 3.49. The third kappa shape index (κ3) is 3.95. The van der Waals surface area contributed by atoms with E-state index in [1.807, 2.05) is 30.3 Å². The number of pyridine rings is 1. The van der Waals surface area contributed by atoms with E-state index in [2.05, 4.69) is 65.1 Å². The van der Waals surface area contributed by atoms with Gasteiger partial charge in [-0.15, -0.1) is 0 Å². The molecule has 0 aliphatic carbocycles. The Kier molecular flexibility index (Phi) is 5.39. The zero-order valence-electron chi connectivity index (χ0n) is 14.8. The van der Waals surface area contributed by atoms with Gasteiger partial charge in [0.2, 0.25) is 0 Å². The van der Waals surface area contributed by atoms with Crippen molar-refractivity contribution in [3.63, 3.8) is 0 Å². The van der Waals surface area contributed by atoms with Crippen LogP contribution in [0.2, 0.25) is 0 Å². The first kappa shape index (κ1) is 18.2. The fraction of sp³-hybridized carbons (Fsp3) is 0.182. The minimum atomic E-state index is 0.256. The number of nitrogens with zero attached hydrogens (tertiary/aromatic N) is 2. The van der Waals surface area contributed by atoms with E-state index in [4.69, 9.17) is 5.73 Å². The lowest BCUT2D eigenvalue weighted by atomic mass is 9.97. The molecule has 0 unspecified atom stereocenters. The highest BCUT2D eigenvalue weighted by atomic mass is 79.9. The zero-order chi connectivity index (χ0) is 18.7. The maximum absolute atomic E-state index is 9.53. The molecule has 2 N–H and O–H groups in total. The molecule has 0 fully saturated rings. The molecule has 0 spiro atoms. The normalized spacial score (nSPS) is 10.7. The molecule has 0 amide bonds. The lowest BCUT2D eigenvalue weighted by molar-refractivity contribution is 0.647. The molecule has 3 aromatic rings. The second-order valence-electron chi connectivity index (χ2n) is 6.73. The molecular formula is C22H20BrN3. The Hall–Kier alpha value is -2.64. The van der Waals surface area contributed by atoms with Crippen molar-refractivity contribution in [1.82, 2.24) is 4.98 Å². The Bertz CT molecular complexity index is 970. The van der Waals surface area contributed by atoms with Gasteiger partial charge in [-0.1, -0.05) is 66.2 Å². The molecule has 130 valence electrons. The van der Waals surface area contributed by atoms with E-state index in [0.29, 0.717) is 11.5 Å². The number of benzene rings is 2. The van der Waals surface area contributed by atoms with E-state index in [0.717, 1.165) is 33.3 Å². The summed E-state index contributed by atoms with van der Waals surface area (Å²) in [5.41, 5.74) is 11.3. The average Bonchev–Trinajstić information content (AvgIpc) is 2.61. The molecule has 2 aromatic carbocycles. The Morgan fingerprint density at radius 1 is 1.08 bits per heavy atom. The smallest absolute Gasteiger partial charge is 0.142 e. The number of hydrogen-bond donors (Lipinski definition) is 1. The van der Waals surface area contributed by atoms with Crippen molar-refractivity contribution in [2.24, 2.45) is 5.92 Å². The van der Waals surface area contributed by atoms with Gasteiger partial charge in [-0.2, -0.15) is 5.26 Å². The number of nitrogen functional groups attached to an aromatic ring is 1. The van der Waals surface area contributed by atoms with Crippen molar-refractivity contribution in [1.29, 1.82) is 5.26 Å². The number of nitrogens with two attached hydrogens (primary N) is 1. The van der Waals surface area contributed by atoms with E-state index in [9.17, 15) is 5.26 Å². The van der Waals surface area contributed by atoms with Crippen molar-refractivity contribution in [2.45, 2.75) is 20.3 Å². The first-order valence-electron chi connectivity index (χ1n) is 8.54. The molecule has 3 nitrogen and oxygen atoms in total. The summed E-state index contributed by atoms with van der Waals surface area (Å²) in [6.07, 6.45) is 1.05. The maximum Gasteiger partial charge on any atom is 0.142 e. The third-order valence-electron chi connectivity index (χ3n) is 4.19. The molecule has 0 atom stereocenters. The first-order chi connectivity index (χ1) is 12.5. The molecule has 0 aliphatic rings. The summed E-state index contributed by atoms with van der Waals surface area (Å²) in [6, 6.07) is 20.4. The van der Waals surface area contributed by atoms with Gasteiger partial charge in [-0.05, 0) is 41.7 Å². The van der Waals surface area contributed by atoms with E-state index >= 15 is 0 Å². The molecule has 26 heavy (non-hydrogen) atoms. The Morgan fingerprint density at radius 3 is 2.42 bits per heavy atom. The van der Waals surface area contributed by atoms with Crippen LogP contribution in [0.25, 0.3) is 22.4 Å². The van der Waals surface area contributed by atoms with Gasteiger partial charge in [0.05, 0.1) is 5.69 Å². The van der Waals surface area contributed by atoms with Crippen LogP contribution in [-0.4, -0.2) is 4.98 Å². The topological polar surface area (TPSA) is 62.7 Å². The summed E-state index contributed by atoms with van der Waals surface area (Å²) in [5.74, 6) is 0.874. The molecule has 0 saturated heterocycles.